The summed E-state index contributed by atoms with van der Waals surface area (Å²) in [6.45, 7) is 0.596. The molecule has 1 fully saturated rings. The minimum Gasteiger partial charge on any atom is -0.454 e. The molecule has 0 aliphatic carbocycles. The van der Waals surface area contributed by atoms with E-state index in [2.05, 4.69) is 5.32 Å². The highest BCUT2D eigenvalue weighted by Crippen LogP contribution is 2.41. The van der Waals surface area contributed by atoms with Gasteiger partial charge in [-0.2, -0.15) is 0 Å². The van der Waals surface area contributed by atoms with Crippen LogP contribution >= 0.6 is 0 Å². The van der Waals surface area contributed by atoms with Crippen LogP contribution in [0.1, 0.15) is 19.3 Å². The number of rotatable bonds is 5. The number of carbonyl (C=O) groups excluding carboxylic acids is 2. The SMILES string of the molecule is CN(C)S(=O)(=O)c1ccc2c(c1)N(CC(=O)Nc1ccc3c(c1)OCO3)C(=O)C1CCCCN21. The summed E-state index contributed by atoms with van der Waals surface area (Å²) in [6, 6.07) is 9.48. The van der Waals surface area contributed by atoms with Gasteiger partial charge in [0.2, 0.25) is 28.6 Å². The second-order valence-corrected chi connectivity index (χ2v) is 10.8. The summed E-state index contributed by atoms with van der Waals surface area (Å²) in [5.41, 5.74) is 1.70. The molecule has 180 valence electrons. The van der Waals surface area contributed by atoms with Crippen LogP contribution in [0.25, 0.3) is 0 Å². The third-order valence-electron chi connectivity index (χ3n) is 6.34. The Balaban J connectivity index is 1.47. The lowest BCUT2D eigenvalue weighted by atomic mass is 9.96. The van der Waals surface area contributed by atoms with E-state index in [-0.39, 0.29) is 30.2 Å². The van der Waals surface area contributed by atoms with E-state index in [9.17, 15) is 18.0 Å². The lowest BCUT2D eigenvalue weighted by molar-refractivity contribution is -0.123. The Bertz CT molecular complexity index is 1260. The summed E-state index contributed by atoms with van der Waals surface area (Å²) in [7, 11) is -0.802. The Morgan fingerprint density at radius 1 is 1.09 bits per heavy atom. The molecule has 5 rings (SSSR count). The lowest BCUT2D eigenvalue weighted by Gasteiger charge is -2.45. The zero-order chi connectivity index (χ0) is 24.0. The van der Waals surface area contributed by atoms with E-state index in [4.69, 9.17) is 9.47 Å². The van der Waals surface area contributed by atoms with Crippen LogP contribution in [0.15, 0.2) is 41.3 Å². The molecule has 11 heteroatoms. The van der Waals surface area contributed by atoms with Crippen LogP contribution in [0.3, 0.4) is 0 Å². The zero-order valence-electron chi connectivity index (χ0n) is 19.0. The van der Waals surface area contributed by atoms with Crippen molar-refractivity contribution in [3.8, 4) is 11.5 Å². The third-order valence-corrected chi connectivity index (χ3v) is 8.15. The second kappa shape index (κ2) is 8.48. The molecular formula is C23H26N4O6S. The van der Waals surface area contributed by atoms with Gasteiger partial charge in [-0.25, -0.2) is 12.7 Å². The van der Waals surface area contributed by atoms with Crippen molar-refractivity contribution in [1.29, 1.82) is 0 Å². The highest BCUT2D eigenvalue weighted by atomic mass is 32.2. The Morgan fingerprint density at radius 3 is 2.68 bits per heavy atom. The molecule has 2 aromatic carbocycles. The lowest BCUT2D eigenvalue weighted by Crippen LogP contribution is -2.56. The molecule has 3 aliphatic rings. The monoisotopic (exact) mass is 486 g/mol. The summed E-state index contributed by atoms with van der Waals surface area (Å²) in [6.07, 6.45) is 2.56. The Kier molecular flexibility index (Phi) is 5.61. The zero-order valence-corrected chi connectivity index (χ0v) is 19.8. The van der Waals surface area contributed by atoms with Crippen molar-refractivity contribution in [2.45, 2.75) is 30.2 Å². The van der Waals surface area contributed by atoms with Crippen molar-refractivity contribution in [2.75, 3.05) is 49.1 Å². The number of sulfonamides is 1. The van der Waals surface area contributed by atoms with E-state index in [1.807, 2.05) is 4.90 Å². The van der Waals surface area contributed by atoms with Crippen LogP contribution < -0.4 is 24.6 Å². The molecule has 1 N–H and O–H groups in total. The van der Waals surface area contributed by atoms with Gasteiger partial charge < -0.3 is 19.7 Å². The molecule has 1 atom stereocenters. The summed E-state index contributed by atoms with van der Waals surface area (Å²) in [4.78, 5) is 29.9. The standard InChI is InChI=1S/C23H26N4O6S/c1-25(2)34(30,31)16-7-8-17-19(12-16)27(23(29)18-5-3-4-10-26(17)18)13-22(28)24-15-6-9-20-21(11-15)33-14-32-20/h6-9,11-12,18H,3-5,10,13-14H2,1-2H3,(H,24,28). The molecule has 0 radical (unpaired) electrons. The first-order valence-electron chi connectivity index (χ1n) is 11.1. The largest absolute Gasteiger partial charge is 0.454 e. The maximum atomic E-state index is 13.5. The fourth-order valence-electron chi connectivity index (χ4n) is 4.59. The summed E-state index contributed by atoms with van der Waals surface area (Å²) < 4.78 is 37.3. The molecule has 1 unspecified atom stereocenters. The van der Waals surface area contributed by atoms with Gasteiger partial charge in [-0.05, 0) is 49.6 Å². The van der Waals surface area contributed by atoms with E-state index in [1.165, 1.54) is 25.1 Å². The van der Waals surface area contributed by atoms with Crippen molar-refractivity contribution < 1.29 is 27.5 Å². The van der Waals surface area contributed by atoms with Crippen LogP contribution in [0, 0.1) is 0 Å². The number of carbonyl (C=O) groups is 2. The third kappa shape index (κ3) is 3.84. The van der Waals surface area contributed by atoms with Crippen molar-refractivity contribution in [3.63, 3.8) is 0 Å². The summed E-state index contributed by atoms with van der Waals surface area (Å²) in [5, 5.41) is 2.80. The molecule has 0 bridgehead atoms. The van der Waals surface area contributed by atoms with Gasteiger partial charge >= 0.3 is 0 Å². The summed E-state index contributed by atoms with van der Waals surface area (Å²) >= 11 is 0. The minimum absolute atomic E-state index is 0.0701. The van der Waals surface area contributed by atoms with E-state index in [0.717, 1.165) is 22.8 Å². The van der Waals surface area contributed by atoms with Gasteiger partial charge in [0.05, 0.1) is 16.3 Å². The number of hydrogen-bond acceptors (Lipinski definition) is 7. The Morgan fingerprint density at radius 2 is 1.88 bits per heavy atom. The van der Waals surface area contributed by atoms with Crippen LogP contribution in [-0.2, 0) is 19.6 Å². The fourth-order valence-corrected chi connectivity index (χ4v) is 5.51. The Labute approximate surface area is 198 Å². The first-order chi connectivity index (χ1) is 16.3. The van der Waals surface area contributed by atoms with Gasteiger partial charge in [0.1, 0.15) is 12.6 Å². The van der Waals surface area contributed by atoms with Gasteiger partial charge in [-0.15, -0.1) is 0 Å². The number of nitrogens with zero attached hydrogens (tertiary/aromatic N) is 3. The highest BCUT2D eigenvalue weighted by molar-refractivity contribution is 7.89. The number of fused-ring (bicyclic) bond motifs is 4. The molecule has 34 heavy (non-hydrogen) atoms. The first-order valence-corrected chi connectivity index (χ1v) is 12.5. The number of ether oxygens (including phenoxy) is 2. The molecule has 0 saturated carbocycles. The van der Waals surface area contributed by atoms with Gasteiger partial charge in [0.25, 0.3) is 0 Å². The second-order valence-electron chi connectivity index (χ2n) is 8.68. The predicted octanol–water partition coefficient (Wildman–Crippen LogP) is 2.01. The minimum atomic E-state index is -3.71. The number of anilines is 3. The van der Waals surface area contributed by atoms with Crippen LogP contribution in [-0.4, -0.2) is 64.6 Å². The van der Waals surface area contributed by atoms with E-state index >= 15 is 0 Å². The van der Waals surface area contributed by atoms with Crippen molar-refractivity contribution in [3.05, 3.63) is 36.4 Å². The molecule has 10 nitrogen and oxygen atoms in total. The molecule has 2 aromatic rings. The maximum absolute atomic E-state index is 13.5. The van der Waals surface area contributed by atoms with Gasteiger partial charge in [0, 0.05) is 32.4 Å². The molecule has 0 spiro atoms. The van der Waals surface area contributed by atoms with Gasteiger partial charge in [-0.3, -0.25) is 14.5 Å². The Hall–Kier alpha value is -3.31. The smallest absolute Gasteiger partial charge is 0.250 e. The van der Waals surface area contributed by atoms with Crippen molar-refractivity contribution >= 4 is 38.9 Å². The van der Waals surface area contributed by atoms with Gasteiger partial charge in [-0.1, -0.05) is 0 Å². The van der Waals surface area contributed by atoms with Crippen molar-refractivity contribution in [2.24, 2.45) is 0 Å². The van der Waals surface area contributed by atoms with E-state index in [0.29, 0.717) is 35.8 Å². The molecule has 3 heterocycles. The average Bonchev–Trinajstić information content (AvgIpc) is 3.29. The maximum Gasteiger partial charge on any atom is 0.250 e. The molecule has 3 aliphatic heterocycles. The number of benzene rings is 2. The van der Waals surface area contributed by atoms with Crippen molar-refractivity contribution in [1.82, 2.24) is 4.31 Å². The first kappa shape index (κ1) is 22.5. The average molecular weight is 487 g/mol. The quantitative estimate of drug-likeness (QED) is 0.689. The molecule has 2 amide bonds. The van der Waals surface area contributed by atoms with E-state index < -0.39 is 15.9 Å². The van der Waals surface area contributed by atoms with E-state index in [1.54, 1.807) is 30.3 Å². The number of piperidine rings is 1. The van der Waals surface area contributed by atoms with Gasteiger partial charge in [0.15, 0.2) is 11.5 Å². The van der Waals surface area contributed by atoms with Crippen LogP contribution in [0.4, 0.5) is 17.1 Å². The number of amides is 2. The molecular weight excluding hydrogens is 460 g/mol. The molecule has 1 saturated heterocycles. The number of hydrogen-bond donors (Lipinski definition) is 1. The summed E-state index contributed by atoms with van der Waals surface area (Å²) in [5.74, 6) is 0.537. The topological polar surface area (TPSA) is 108 Å². The fraction of sp³-hybridized carbons (Fsp3) is 0.391. The normalized spacial score (nSPS) is 19.1. The predicted molar refractivity (Wildman–Crippen MR) is 126 cm³/mol. The van der Waals surface area contributed by atoms with Crippen LogP contribution in [0.5, 0.6) is 11.5 Å². The molecule has 0 aromatic heterocycles. The highest BCUT2D eigenvalue weighted by Gasteiger charge is 2.40. The number of nitrogens with one attached hydrogen (secondary N) is 1. The van der Waals surface area contributed by atoms with Crippen LogP contribution in [0.2, 0.25) is 0 Å².